The average molecular weight is 548 g/mol. The van der Waals surface area contributed by atoms with Crippen molar-refractivity contribution in [3.8, 4) is 20.9 Å². The van der Waals surface area contributed by atoms with Crippen LogP contribution in [0, 0.1) is 0 Å². The van der Waals surface area contributed by atoms with E-state index in [0.29, 0.717) is 0 Å². The summed E-state index contributed by atoms with van der Waals surface area (Å²) in [6, 6.07) is 34.5. The smallest absolute Gasteiger partial charge is 0.143 e. The number of thiophene rings is 2. The van der Waals surface area contributed by atoms with Crippen LogP contribution in [0.5, 0.6) is 0 Å². The SMILES string of the molecule is C(/C=C/c1cc(-c2ccccc2)[s+]c(-c2ccccc2)c1)=C1C=C(c2cccs2)SC(c2cccs2)=C1. The van der Waals surface area contributed by atoms with E-state index in [0.717, 1.165) is 0 Å². The van der Waals surface area contributed by atoms with Crippen LogP contribution in [-0.2, 0) is 0 Å². The van der Waals surface area contributed by atoms with Crippen LogP contribution in [0.4, 0.5) is 0 Å². The van der Waals surface area contributed by atoms with Crippen LogP contribution >= 0.6 is 45.8 Å². The molecule has 178 valence electrons. The van der Waals surface area contributed by atoms with Crippen LogP contribution in [0.2, 0.25) is 0 Å². The zero-order chi connectivity index (χ0) is 24.9. The normalized spacial score (nSPS) is 13.5. The van der Waals surface area contributed by atoms with Gasteiger partial charge in [-0.2, -0.15) is 0 Å². The molecule has 0 bridgehead atoms. The van der Waals surface area contributed by atoms with E-state index in [1.54, 1.807) is 22.7 Å². The van der Waals surface area contributed by atoms with Crippen LogP contribution in [0.3, 0.4) is 0 Å². The van der Waals surface area contributed by atoms with Gasteiger partial charge in [-0.3, -0.25) is 0 Å². The molecule has 0 unspecified atom stereocenters. The monoisotopic (exact) mass is 547 g/mol. The minimum Gasteiger partial charge on any atom is -0.143 e. The minimum atomic E-state index is 1.20. The zero-order valence-corrected chi connectivity index (χ0v) is 23.2. The van der Waals surface area contributed by atoms with Crippen LogP contribution in [-0.4, -0.2) is 0 Å². The molecule has 3 aromatic heterocycles. The number of hydrogen-bond donors (Lipinski definition) is 0. The van der Waals surface area contributed by atoms with Gasteiger partial charge in [0.1, 0.15) is 0 Å². The highest BCUT2D eigenvalue weighted by Crippen LogP contribution is 2.46. The quantitative estimate of drug-likeness (QED) is 0.191. The summed E-state index contributed by atoms with van der Waals surface area (Å²) in [5.41, 5.74) is 4.90. The lowest BCUT2D eigenvalue weighted by molar-refractivity contribution is 1.64. The molecule has 1 aliphatic rings. The molecule has 1 aliphatic heterocycles. The van der Waals surface area contributed by atoms with Gasteiger partial charge in [0, 0.05) is 42.8 Å². The number of thioether (sulfide) groups is 1. The van der Waals surface area contributed by atoms with Crippen molar-refractivity contribution in [2.45, 2.75) is 0 Å². The van der Waals surface area contributed by atoms with Crippen molar-refractivity contribution in [2.24, 2.45) is 0 Å². The summed E-state index contributed by atoms with van der Waals surface area (Å²) < 4.78 is 0. The van der Waals surface area contributed by atoms with Crippen molar-refractivity contribution in [1.82, 2.24) is 0 Å². The fourth-order valence-corrected chi connectivity index (χ4v) is 7.99. The molecule has 0 atom stereocenters. The van der Waals surface area contributed by atoms with Crippen LogP contribution in [0.1, 0.15) is 15.3 Å². The summed E-state index contributed by atoms with van der Waals surface area (Å²) >= 11 is 7.28. The van der Waals surface area contributed by atoms with Gasteiger partial charge in [0.05, 0.1) is 0 Å². The fraction of sp³-hybridized carbons (Fsp3) is 0. The van der Waals surface area contributed by atoms with E-state index in [-0.39, 0.29) is 0 Å². The van der Waals surface area contributed by atoms with Gasteiger partial charge >= 0.3 is 0 Å². The molecule has 6 rings (SSSR count). The van der Waals surface area contributed by atoms with E-state index < -0.39 is 0 Å². The predicted octanol–water partition coefficient (Wildman–Crippen LogP) is 11.3. The van der Waals surface area contributed by atoms with Crippen LogP contribution in [0.25, 0.3) is 36.8 Å². The van der Waals surface area contributed by atoms with Gasteiger partial charge in [-0.25, -0.2) is 0 Å². The number of allylic oxidation sites excluding steroid dienone is 5. The Morgan fingerprint density at radius 2 is 1.14 bits per heavy atom. The molecule has 2 aromatic carbocycles. The van der Waals surface area contributed by atoms with Crippen LogP contribution in [0.15, 0.2) is 138 Å². The second-order valence-electron chi connectivity index (χ2n) is 8.45. The van der Waals surface area contributed by atoms with Gasteiger partial charge in [-0.05, 0) is 70.4 Å². The van der Waals surface area contributed by atoms with E-state index >= 15 is 0 Å². The first-order valence-electron chi connectivity index (χ1n) is 12.0. The maximum Gasteiger partial charge on any atom is 0.239 e. The third kappa shape index (κ3) is 5.84. The average Bonchev–Trinajstić information content (AvgIpc) is 3.69. The highest BCUT2D eigenvalue weighted by molar-refractivity contribution is 8.17. The van der Waals surface area contributed by atoms with E-state index in [1.807, 2.05) is 23.1 Å². The summed E-state index contributed by atoms with van der Waals surface area (Å²) in [5, 5.41) is 4.29. The van der Waals surface area contributed by atoms with Gasteiger partial charge in [0.25, 0.3) is 0 Å². The molecule has 5 aromatic rings. The Bertz CT molecular complexity index is 1490. The Balaban J connectivity index is 1.37. The molecule has 4 heterocycles. The van der Waals surface area contributed by atoms with Crippen molar-refractivity contribution in [1.29, 1.82) is 0 Å². The molecule has 0 saturated carbocycles. The molecule has 4 heteroatoms. The van der Waals surface area contributed by atoms with E-state index in [1.165, 1.54) is 51.6 Å². The molecule has 0 radical (unpaired) electrons. The van der Waals surface area contributed by atoms with E-state index in [2.05, 4.69) is 138 Å². The molecule has 37 heavy (non-hydrogen) atoms. The fourth-order valence-electron chi connectivity index (χ4n) is 4.08. The van der Waals surface area contributed by atoms with Crippen LogP contribution < -0.4 is 0 Å². The largest absolute Gasteiger partial charge is 0.239 e. The third-order valence-electron chi connectivity index (χ3n) is 5.85. The molecule has 0 amide bonds. The Hall–Kier alpha value is -3.28. The lowest BCUT2D eigenvalue weighted by atomic mass is 10.1. The summed E-state index contributed by atoms with van der Waals surface area (Å²) in [5.74, 6) is 0. The molecular weight excluding hydrogens is 525 g/mol. The maximum atomic E-state index is 2.30. The highest BCUT2D eigenvalue weighted by Gasteiger charge is 2.18. The molecule has 0 fully saturated rings. The van der Waals surface area contributed by atoms with Gasteiger partial charge in [0.2, 0.25) is 21.1 Å². The standard InChI is InChI=1S/C33H23S4/c1-3-12-26(13-4-1)30-20-24(21-31(36-30)27-14-5-2-6-15-27)10-7-11-25-22-32(28-16-8-18-34-28)37-33(23-25)29-17-9-19-35-29/h1-23H/q+1. The third-order valence-corrected chi connectivity index (χ3v) is 10.2. The molecule has 0 nitrogen and oxygen atoms in total. The molecule has 0 aliphatic carbocycles. The number of rotatable bonds is 6. The Labute approximate surface area is 234 Å². The number of hydrogen-bond acceptors (Lipinski definition) is 3. The zero-order valence-electron chi connectivity index (χ0n) is 19.9. The van der Waals surface area contributed by atoms with Gasteiger partial charge in [0.15, 0.2) is 0 Å². The summed E-state index contributed by atoms with van der Waals surface area (Å²) in [7, 11) is 0. The Morgan fingerprint density at radius 3 is 1.62 bits per heavy atom. The maximum absolute atomic E-state index is 2.30. The number of benzene rings is 2. The summed E-state index contributed by atoms with van der Waals surface area (Å²) in [6.45, 7) is 0. The van der Waals surface area contributed by atoms with Crippen molar-refractivity contribution < 1.29 is 0 Å². The first-order valence-corrected chi connectivity index (χ1v) is 15.4. The van der Waals surface area contributed by atoms with Crippen molar-refractivity contribution in [3.05, 3.63) is 153 Å². The minimum absolute atomic E-state index is 1.20. The molecule has 0 N–H and O–H groups in total. The van der Waals surface area contributed by atoms with Gasteiger partial charge in [-0.1, -0.05) is 78.5 Å². The van der Waals surface area contributed by atoms with Gasteiger partial charge in [-0.15, -0.1) is 22.7 Å². The lowest BCUT2D eigenvalue weighted by Gasteiger charge is -2.14. The van der Waals surface area contributed by atoms with E-state index in [4.69, 9.17) is 0 Å². The first kappa shape index (κ1) is 24.1. The summed E-state index contributed by atoms with van der Waals surface area (Å²) in [4.78, 5) is 7.77. The van der Waals surface area contributed by atoms with Gasteiger partial charge < -0.3 is 0 Å². The molecular formula is C33H23S4+. The molecule has 0 saturated heterocycles. The van der Waals surface area contributed by atoms with Crippen molar-refractivity contribution >= 4 is 61.7 Å². The predicted molar refractivity (Wildman–Crippen MR) is 169 cm³/mol. The van der Waals surface area contributed by atoms with E-state index in [9.17, 15) is 0 Å². The Morgan fingerprint density at radius 1 is 0.595 bits per heavy atom. The van der Waals surface area contributed by atoms with Crippen molar-refractivity contribution in [2.75, 3.05) is 0 Å². The molecule has 0 spiro atoms. The second-order valence-corrected chi connectivity index (χ2v) is 12.5. The second kappa shape index (κ2) is 11.4. The topological polar surface area (TPSA) is 0 Å². The highest BCUT2D eigenvalue weighted by atomic mass is 32.2. The first-order chi connectivity index (χ1) is 18.3. The Kier molecular flexibility index (Phi) is 7.42. The summed E-state index contributed by atoms with van der Waals surface area (Å²) in [6.07, 6.45) is 11.2. The lowest BCUT2D eigenvalue weighted by Crippen LogP contribution is -1.87. The van der Waals surface area contributed by atoms with Crippen molar-refractivity contribution in [3.63, 3.8) is 0 Å².